The minimum absolute atomic E-state index is 0.0316. The first-order valence-electron chi connectivity index (χ1n) is 14.8. The molecule has 5 nitrogen and oxygen atoms in total. The summed E-state index contributed by atoms with van der Waals surface area (Å²) in [6.45, 7) is 6.45. The number of benzene rings is 1. The van der Waals surface area contributed by atoms with Crippen molar-refractivity contribution in [2.75, 3.05) is 13.2 Å². The van der Waals surface area contributed by atoms with Gasteiger partial charge in [-0.2, -0.15) is 27.2 Å². The lowest BCUT2D eigenvalue weighted by molar-refractivity contribution is -0.362. The maximum absolute atomic E-state index is 15.2. The first-order valence-corrected chi connectivity index (χ1v) is 14.8. The summed E-state index contributed by atoms with van der Waals surface area (Å²) in [5.74, 6) is -7.83. The summed E-state index contributed by atoms with van der Waals surface area (Å²) in [6.07, 6.45) is -4.82. The van der Waals surface area contributed by atoms with Gasteiger partial charge in [0.15, 0.2) is 5.79 Å². The number of nitrogens with zero attached hydrogens (tertiary/aromatic N) is 1. The van der Waals surface area contributed by atoms with E-state index in [4.69, 9.17) is 9.47 Å². The Kier molecular flexibility index (Phi) is 6.59. The molecule has 5 aliphatic rings. The van der Waals surface area contributed by atoms with Crippen molar-refractivity contribution in [3.8, 4) is 6.07 Å². The highest BCUT2D eigenvalue weighted by Gasteiger charge is 2.79. The van der Waals surface area contributed by atoms with Gasteiger partial charge < -0.3 is 19.7 Å². The smallest absolute Gasteiger partial charge is 0.385 e. The first kappa shape index (κ1) is 30.0. The number of hydrogen-bond donors (Lipinski definition) is 2. The number of alkyl halides is 5. The number of allylic oxidation sites excluding steroid dienone is 1. The zero-order valence-corrected chi connectivity index (χ0v) is 24.2. The normalized spacial score (nSPS) is 39.3. The molecular weight excluding hydrogens is 557 g/mol. The average molecular weight is 596 g/mol. The molecule has 1 aliphatic heterocycles. The number of rotatable bonds is 2. The second kappa shape index (κ2) is 9.23. The molecule has 0 bridgehead atoms. The minimum Gasteiger partial charge on any atom is -0.385 e. The van der Waals surface area contributed by atoms with E-state index in [-0.39, 0.29) is 30.6 Å². The third-order valence-corrected chi connectivity index (χ3v) is 11.3. The second-order valence-corrected chi connectivity index (χ2v) is 14.4. The van der Waals surface area contributed by atoms with Crippen LogP contribution < -0.4 is 0 Å². The lowest BCUT2D eigenvalue weighted by Gasteiger charge is -2.59. The summed E-state index contributed by atoms with van der Waals surface area (Å²) in [5.41, 5.74) is -3.69. The van der Waals surface area contributed by atoms with Crippen LogP contribution in [0.3, 0.4) is 0 Å². The average Bonchev–Trinajstić information content (AvgIpc) is 3.20. The SMILES string of the molecule is CC1(C)COC2(CCC3=C4[C@@H](CC[C@@]3(O)C2)[C@@H]2CC[C@@](O)(C(F)(F)C(F)(F)F)[C@@]2(C)C[C@@H]4c2ccc(C#N)cc2)OC1. The van der Waals surface area contributed by atoms with E-state index in [9.17, 15) is 28.6 Å². The van der Waals surface area contributed by atoms with Crippen molar-refractivity contribution >= 4 is 0 Å². The number of aliphatic hydroxyl groups is 2. The molecule has 1 saturated heterocycles. The van der Waals surface area contributed by atoms with Crippen molar-refractivity contribution in [3.05, 3.63) is 46.5 Å². The summed E-state index contributed by atoms with van der Waals surface area (Å²) in [4.78, 5) is 0. The van der Waals surface area contributed by atoms with Gasteiger partial charge in [-0.15, -0.1) is 0 Å². The van der Waals surface area contributed by atoms with Gasteiger partial charge in [-0.3, -0.25) is 0 Å². The molecule has 3 saturated carbocycles. The summed E-state index contributed by atoms with van der Waals surface area (Å²) in [5, 5.41) is 32.9. The topological polar surface area (TPSA) is 82.7 Å². The van der Waals surface area contributed by atoms with Gasteiger partial charge in [0.2, 0.25) is 0 Å². The van der Waals surface area contributed by atoms with Gasteiger partial charge in [0, 0.05) is 29.6 Å². The van der Waals surface area contributed by atoms with E-state index in [0.29, 0.717) is 50.0 Å². The molecule has 10 heteroatoms. The van der Waals surface area contributed by atoms with Crippen LogP contribution in [0.5, 0.6) is 0 Å². The number of fused-ring (bicyclic) bond motifs is 4. The van der Waals surface area contributed by atoms with Crippen LogP contribution in [0.4, 0.5) is 22.0 Å². The van der Waals surface area contributed by atoms with E-state index in [2.05, 4.69) is 6.07 Å². The number of nitriles is 1. The van der Waals surface area contributed by atoms with E-state index in [1.54, 1.807) is 24.3 Å². The molecule has 0 radical (unpaired) electrons. The monoisotopic (exact) mass is 595 g/mol. The molecular formula is C32H38F5NO4. The molecule has 230 valence electrons. The van der Waals surface area contributed by atoms with E-state index in [0.717, 1.165) is 11.1 Å². The van der Waals surface area contributed by atoms with Gasteiger partial charge >= 0.3 is 12.1 Å². The van der Waals surface area contributed by atoms with E-state index < -0.39 is 52.8 Å². The Morgan fingerprint density at radius 3 is 2.17 bits per heavy atom. The van der Waals surface area contributed by atoms with Crippen molar-refractivity contribution in [1.82, 2.24) is 0 Å². The highest BCUT2D eigenvalue weighted by Crippen LogP contribution is 2.71. The van der Waals surface area contributed by atoms with Crippen molar-refractivity contribution in [1.29, 1.82) is 5.26 Å². The molecule has 1 aromatic rings. The van der Waals surface area contributed by atoms with Gasteiger partial charge in [-0.1, -0.05) is 38.5 Å². The van der Waals surface area contributed by atoms with Gasteiger partial charge in [0.1, 0.15) is 5.60 Å². The molecule has 0 unspecified atom stereocenters. The van der Waals surface area contributed by atoms with Gasteiger partial charge in [0.25, 0.3) is 0 Å². The molecule has 1 aromatic carbocycles. The minimum atomic E-state index is -5.90. The lowest BCUT2D eigenvalue weighted by atomic mass is 9.49. The van der Waals surface area contributed by atoms with Crippen LogP contribution in [-0.4, -0.2) is 52.5 Å². The molecule has 4 fully saturated rings. The number of halogens is 5. The molecule has 42 heavy (non-hydrogen) atoms. The largest absolute Gasteiger partial charge is 0.456 e. The third kappa shape index (κ3) is 4.13. The molecule has 6 atom stereocenters. The first-order chi connectivity index (χ1) is 19.4. The van der Waals surface area contributed by atoms with E-state index >= 15 is 8.78 Å². The van der Waals surface area contributed by atoms with Gasteiger partial charge in [0.05, 0.1) is 30.4 Å². The highest BCUT2D eigenvalue weighted by atomic mass is 19.4. The maximum atomic E-state index is 15.2. The Hall–Kier alpha value is -2.06. The Morgan fingerprint density at radius 1 is 0.929 bits per heavy atom. The Labute approximate surface area is 242 Å². The molecule has 0 amide bonds. The van der Waals surface area contributed by atoms with Crippen LogP contribution >= 0.6 is 0 Å². The summed E-state index contributed by atoms with van der Waals surface area (Å²) in [7, 11) is 0. The predicted octanol–water partition coefficient (Wildman–Crippen LogP) is 6.78. The summed E-state index contributed by atoms with van der Waals surface area (Å²) < 4.78 is 84.2. The highest BCUT2D eigenvalue weighted by molar-refractivity contribution is 5.45. The zero-order chi connectivity index (χ0) is 30.6. The van der Waals surface area contributed by atoms with Crippen LogP contribution in [-0.2, 0) is 9.47 Å². The molecule has 4 aliphatic carbocycles. The van der Waals surface area contributed by atoms with Crippen LogP contribution in [0.1, 0.15) is 89.2 Å². The summed E-state index contributed by atoms with van der Waals surface area (Å²) in [6, 6.07) is 8.68. The molecule has 2 N–H and O–H groups in total. The lowest BCUT2D eigenvalue weighted by Crippen LogP contribution is -2.65. The summed E-state index contributed by atoms with van der Waals surface area (Å²) >= 11 is 0. The molecule has 6 rings (SSSR count). The van der Waals surface area contributed by atoms with E-state index in [1.807, 2.05) is 13.8 Å². The second-order valence-electron chi connectivity index (χ2n) is 14.4. The Bertz CT molecular complexity index is 1320. The molecule has 0 aromatic heterocycles. The van der Waals surface area contributed by atoms with Crippen molar-refractivity contribution in [2.45, 2.75) is 107 Å². The zero-order valence-electron chi connectivity index (χ0n) is 24.2. The van der Waals surface area contributed by atoms with Crippen LogP contribution in [0.2, 0.25) is 0 Å². The van der Waals surface area contributed by atoms with Gasteiger partial charge in [-0.25, -0.2) is 0 Å². The number of hydrogen-bond acceptors (Lipinski definition) is 5. The van der Waals surface area contributed by atoms with E-state index in [1.165, 1.54) is 6.92 Å². The number of ether oxygens (including phenoxy) is 2. The van der Waals surface area contributed by atoms with Crippen LogP contribution in [0, 0.1) is 34.0 Å². The van der Waals surface area contributed by atoms with Crippen molar-refractivity contribution < 1.29 is 41.6 Å². The fourth-order valence-electron chi connectivity index (χ4n) is 9.10. The quantitative estimate of drug-likeness (QED) is 0.291. The van der Waals surface area contributed by atoms with Crippen LogP contribution in [0.25, 0.3) is 0 Å². The predicted molar refractivity (Wildman–Crippen MR) is 142 cm³/mol. The Balaban J connectivity index is 1.46. The fourth-order valence-corrected chi connectivity index (χ4v) is 9.10. The van der Waals surface area contributed by atoms with Gasteiger partial charge in [-0.05, 0) is 73.6 Å². The molecule has 1 spiro atoms. The molecule has 1 heterocycles. The Morgan fingerprint density at radius 2 is 1.57 bits per heavy atom. The van der Waals surface area contributed by atoms with Crippen molar-refractivity contribution in [2.24, 2.45) is 22.7 Å². The maximum Gasteiger partial charge on any atom is 0.456 e. The third-order valence-electron chi connectivity index (χ3n) is 11.3. The van der Waals surface area contributed by atoms with Crippen LogP contribution in [0.15, 0.2) is 35.4 Å². The van der Waals surface area contributed by atoms with Crippen molar-refractivity contribution in [3.63, 3.8) is 0 Å². The fraction of sp³-hybridized carbons (Fsp3) is 0.719. The standard InChI is InChI=1S/C32H38F5NO4/c1-26(2)17-41-29(42-18-26)12-9-24-25-21(8-11-28(24,39)16-29)23-10-13-30(40,31(33,34)32(35,36)37)27(23,3)14-22(25)20-6-4-19(15-38)5-7-20/h4-7,21-23,39-40H,8-14,16-18H2,1-3H3/t21-,22+,23-,27-,28+,30-/m0/s1.